The molecule has 46 heavy (non-hydrogen) atoms. The van der Waals surface area contributed by atoms with E-state index in [4.69, 9.17) is 0 Å². The minimum absolute atomic E-state index is 0.0126. The molecule has 0 saturated heterocycles. The van der Waals surface area contributed by atoms with E-state index in [0.717, 1.165) is 46.7 Å². The SMILES string of the molecule is Cc1cc(C)cc(N(CC(=O)N(Cc2ccccc2F)C(Cc2ccccc2)C(=O)NC2CCCC2)S(=O)(=O)c2ccccc2)c1. The number of nitrogens with one attached hydrogen (secondary N) is 1. The first kappa shape index (κ1) is 32.9. The lowest BCUT2D eigenvalue weighted by Crippen LogP contribution is -2.54. The highest BCUT2D eigenvalue weighted by atomic mass is 32.2. The summed E-state index contributed by atoms with van der Waals surface area (Å²) in [5.41, 5.74) is 3.04. The summed E-state index contributed by atoms with van der Waals surface area (Å²) in [6.07, 6.45) is 3.89. The lowest BCUT2D eigenvalue weighted by Gasteiger charge is -2.34. The maximum Gasteiger partial charge on any atom is 0.264 e. The van der Waals surface area contributed by atoms with Gasteiger partial charge in [0.15, 0.2) is 0 Å². The van der Waals surface area contributed by atoms with Gasteiger partial charge in [0.05, 0.1) is 10.6 Å². The van der Waals surface area contributed by atoms with Crippen molar-refractivity contribution in [1.82, 2.24) is 10.2 Å². The number of sulfonamides is 1. The Bertz CT molecular complexity index is 1740. The van der Waals surface area contributed by atoms with Gasteiger partial charge in [-0.1, -0.05) is 85.6 Å². The Kier molecular flexibility index (Phi) is 10.5. The molecular weight excluding hydrogens is 601 g/mol. The number of anilines is 1. The van der Waals surface area contributed by atoms with Crippen molar-refractivity contribution in [2.75, 3.05) is 10.8 Å². The fourth-order valence-corrected chi connectivity index (χ4v) is 7.49. The topological polar surface area (TPSA) is 86.8 Å². The zero-order valence-electron chi connectivity index (χ0n) is 26.2. The second-order valence-corrected chi connectivity index (χ2v) is 13.8. The van der Waals surface area contributed by atoms with Gasteiger partial charge in [0.25, 0.3) is 10.0 Å². The average Bonchev–Trinajstić information content (AvgIpc) is 3.55. The third kappa shape index (κ3) is 8.01. The van der Waals surface area contributed by atoms with Gasteiger partial charge in [0.1, 0.15) is 18.4 Å². The molecule has 2 amide bonds. The number of amides is 2. The maximum atomic E-state index is 15.1. The summed E-state index contributed by atoms with van der Waals surface area (Å²) in [6, 6.07) is 27.7. The first-order chi connectivity index (χ1) is 22.1. The monoisotopic (exact) mass is 641 g/mol. The molecule has 1 unspecified atom stereocenters. The van der Waals surface area contributed by atoms with Gasteiger partial charge in [-0.25, -0.2) is 12.8 Å². The number of hydrogen-bond donors (Lipinski definition) is 1. The number of carbonyl (C=O) groups is 2. The van der Waals surface area contributed by atoms with Gasteiger partial charge in [-0.2, -0.15) is 0 Å². The second kappa shape index (κ2) is 14.7. The Morgan fingerprint density at radius 1 is 0.848 bits per heavy atom. The quantitative estimate of drug-likeness (QED) is 0.196. The molecule has 7 nitrogen and oxygen atoms in total. The lowest BCUT2D eigenvalue weighted by atomic mass is 10.0. The lowest BCUT2D eigenvalue weighted by molar-refractivity contribution is -0.140. The van der Waals surface area contributed by atoms with E-state index in [2.05, 4.69) is 5.32 Å². The number of carbonyl (C=O) groups excluding carboxylic acids is 2. The van der Waals surface area contributed by atoms with Crippen molar-refractivity contribution in [3.05, 3.63) is 131 Å². The van der Waals surface area contributed by atoms with E-state index < -0.39 is 34.3 Å². The summed E-state index contributed by atoms with van der Waals surface area (Å²) in [7, 11) is -4.21. The molecular formula is C37H40FN3O4S. The molecule has 0 heterocycles. The van der Waals surface area contributed by atoms with E-state index in [-0.39, 0.29) is 35.4 Å². The molecule has 1 atom stereocenters. The highest BCUT2D eigenvalue weighted by molar-refractivity contribution is 7.92. The normalized spacial score (nSPS) is 14.1. The van der Waals surface area contributed by atoms with Gasteiger partial charge >= 0.3 is 0 Å². The van der Waals surface area contributed by atoms with Crippen molar-refractivity contribution in [3.63, 3.8) is 0 Å². The Hall–Kier alpha value is -4.50. The number of hydrogen-bond acceptors (Lipinski definition) is 4. The van der Waals surface area contributed by atoms with Crippen LogP contribution in [0.3, 0.4) is 0 Å². The Labute approximate surface area is 271 Å². The molecule has 1 aliphatic rings. The third-order valence-corrected chi connectivity index (χ3v) is 10.2. The third-order valence-electron chi connectivity index (χ3n) is 8.38. The molecule has 0 bridgehead atoms. The number of rotatable bonds is 12. The van der Waals surface area contributed by atoms with Gasteiger partial charge in [-0.05, 0) is 73.7 Å². The van der Waals surface area contributed by atoms with Crippen LogP contribution in [0.2, 0.25) is 0 Å². The van der Waals surface area contributed by atoms with E-state index in [0.29, 0.717) is 5.69 Å². The number of halogens is 1. The Morgan fingerprint density at radius 3 is 2.07 bits per heavy atom. The van der Waals surface area contributed by atoms with Crippen molar-refractivity contribution < 1.29 is 22.4 Å². The van der Waals surface area contributed by atoms with Crippen LogP contribution in [0, 0.1) is 19.7 Å². The predicted molar refractivity (Wildman–Crippen MR) is 178 cm³/mol. The summed E-state index contributed by atoms with van der Waals surface area (Å²) in [4.78, 5) is 30.0. The van der Waals surface area contributed by atoms with Crippen LogP contribution in [0.15, 0.2) is 108 Å². The van der Waals surface area contributed by atoms with Crippen LogP contribution in [-0.2, 0) is 32.6 Å². The minimum Gasteiger partial charge on any atom is -0.352 e. The van der Waals surface area contributed by atoms with E-state index in [1.54, 1.807) is 48.5 Å². The fraction of sp³-hybridized carbons (Fsp3) is 0.297. The summed E-state index contributed by atoms with van der Waals surface area (Å²) < 4.78 is 44.5. The van der Waals surface area contributed by atoms with Crippen molar-refractivity contribution in [3.8, 4) is 0 Å². The van der Waals surface area contributed by atoms with Crippen LogP contribution in [0.25, 0.3) is 0 Å². The predicted octanol–water partition coefficient (Wildman–Crippen LogP) is 6.34. The van der Waals surface area contributed by atoms with Crippen molar-refractivity contribution >= 4 is 27.5 Å². The van der Waals surface area contributed by atoms with Crippen LogP contribution in [0.5, 0.6) is 0 Å². The van der Waals surface area contributed by atoms with Gasteiger partial charge < -0.3 is 10.2 Å². The van der Waals surface area contributed by atoms with Gasteiger partial charge in [-0.15, -0.1) is 0 Å². The smallest absolute Gasteiger partial charge is 0.264 e. The highest BCUT2D eigenvalue weighted by Crippen LogP contribution is 2.27. The van der Waals surface area contributed by atoms with E-state index in [1.165, 1.54) is 23.1 Å². The van der Waals surface area contributed by atoms with Gasteiger partial charge in [0.2, 0.25) is 11.8 Å². The number of benzene rings is 4. The number of aryl methyl sites for hydroxylation is 2. The molecule has 0 aliphatic heterocycles. The molecule has 0 radical (unpaired) electrons. The molecule has 0 spiro atoms. The number of nitrogens with zero attached hydrogens (tertiary/aromatic N) is 2. The van der Waals surface area contributed by atoms with Crippen LogP contribution in [0.4, 0.5) is 10.1 Å². The summed E-state index contributed by atoms with van der Waals surface area (Å²) in [5.74, 6) is -1.48. The fourth-order valence-electron chi connectivity index (χ4n) is 6.07. The molecule has 1 aliphatic carbocycles. The van der Waals surface area contributed by atoms with Crippen LogP contribution in [-0.4, -0.2) is 43.8 Å². The summed E-state index contributed by atoms with van der Waals surface area (Å²) in [5, 5.41) is 3.13. The molecule has 240 valence electrons. The molecule has 1 N–H and O–H groups in total. The van der Waals surface area contributed by atoms with Crippen molar-refractivity contribution in [2.24, 2.45) is 0 Å². The van der Waals surface area contributed by atoms with Crippen molar-refractivity contribution in [2.45, 2.75) is 69.5 Å². The van der Waals surface area contributed by atoms with Crippen LogP contribution in [0.1, 0.15) is 47.9 Å². The summed E-state index contributed by atoms with van der Waals surface area (Å²) >= 11 is 0. The van der Waals surface area contributed by atoms with Gasteiger partial charge in [0, 0.05) is 24.6 Å². The maximum absolute atomic E-state index is 15.1. The Morgan fingerprint density at radius 2 is 1.43 bits per heavy atom. The first-order valence-corrected chi connectivity index (χ1v) is 17.1. The zero-order valence-corrected chi connectivity index (χ0v) is 27.0. The minimum atomic E-state index is -4.21. The molecule has 1 fully saturated rings. The standard InChI is InChI=1S/C37H40FN3O4S/c1-27-21-28(2)23-32(22-27)41(46(44,45)33-18-7-4-8-19-33)26-36(42)40(25-30-15-9-12-20-34(30)38)35(24-29-13-5-3-6-14-29)37(43)39-31-16-10-11-17-31/h3-9,12-15,18-23,31,35H,10-11,16-17,24-26H2,1-2H3,(H,39,43). The summed E-state index contributed by atoms with van der Waals surface area (Å²) in [6.45, 7) is 2.92. The van der Waals surface area contributed by atoms with Gasteiger partial charge in [-0.3, -0.25) is 13.9 Å². The molecule has 4 aromatic carbocycles. The molecule has 9 heteroatoms. The van der Waals surface area contributed by atoms with Crippen LogP contribution < -0.4 is 9.62 Å². The van der Waals surface area contributed by atoms with Crippen molar-refractivity contribution in [1.29, 1.82) is 0 Å². The second-order valence-electron chi connectivity index (χ2n) is 12.0. The Balaban J connectivity index is 1.59. The van der Waals surface area contributed by atoms with E-state index in [1.807, 2.05) is 50.2 Å². The molecule has 5 rings (SSSR count). The molecule has 1 saturated carbocycles. The highest BCUT2D eigenvalue weighted by Gasteiger charge is 2.36. The molecule has 0 aromatic heterocycles. The zero-order chi connectivity index (χ0) is 32.7. The molecule has 4 aromatic rings. The largest absolute Gasteiger partial charge is 0.352 e. The average molecular weight is 642 g/mol. The van der Waals surface area contributed by atoms with E-state index in [9.17, 15) is 18.0 Å². The first-order valence-electron chi connectivity index (χ1n) is 15.6. The van der Waals surface area contributed by atoms with E-state index >= 15 is 4.39 Å². The van der Waals surface area contributed by atoms with Crippen LogP contribution >= 0.6 is 0 Å².